The normalized spacial score (nSPS) is 18.0. The molecule has 2 heterocycles. The van der Waals surface area contributed by atoms with Crippen molar-refractivity contribution in [3.8, 4) is 11.5 Å². The molecule has 1 aromatic carbocycles. The maximum absolute atomic E-state index is 12.0. The molecular formula is C21H28N6O2. The van der Waals surface area contributed by atoms with E-state index >= 15 is 0 Å². The highest BCUT2D eigenvalue weighted by atomic mass is 16.3. The monoisotopic (exact) mass is 396 g/mol. The van der Waals surface area contributed by atoms with E-state index in [1.165, 1.54) is 0 Å². The maximum atomic E-state index is 12.0. The number of guanidine groups is 1. The first-order chi connectivity index (χ1) is 14.2. The number of carbonyl (C=O) groups is 1. The van der Waals surface area contributed by atoms with Gasteiger partial charge in [-0.15, -0.1) is 0 Å². The van der Waals surface area contributed by atoms with Crippen molar-refractivity contribution in [3.63, 3.8) is 0 Å². The molecule has 0 spiro atoms. The molecule has 1 saturated carbocycles. The molecule has 1 saturated heterocycles. The van der Waals surface area contributed by atoms with Crippen LogP contribution >= 0.6 is 0 Å². The summed E-state index contributed by atoms with van der Waals surface area (Å²) in [6, 6.07) is 10.3. The average Bonchev–Trinajstić information content (AvgIpc) is 3.43. The van der Waals surface area contributed by atoms with Gasteiger partial charge in [0.2, 0.25) is 11.8 Å². The lowest BCUT2D eigenvalue weighted by Gasteiger charge is -2.36. The zero-order valence-corrected chi connectivity index (χ0v) is 16.8. The summed E-state index contributed by atoms with van der Waals surface area (Å²) in [5.74, 6) is 1.61. The summed E-state index contributed by atoms with van der Waals surface area (Å²) in [5, 5.41) is 6.42. The highest BCUT2D eigenvalue weighted by Crippen LogP contribution is 2.19. The van der Waals surface area contributed by atoms with Crippen LogP contribution in [0.25, 0.3) is 11.5 Å². The molecule has 1 aliphatic heterocycles. The number of oxazole rings is 1. The molecule has 0 atom stereocenters. The van der Waals surface area contributed by atoms with Gasteiger partial charge in [0.25, 0.3) is 0 Å². The number of piperazine rings is 1. The Labute approximate surface area is 171 Å². The van der Waals surface area contributed by atoms with Crippen LogP contribution in [0.3, 0.4) is 0 Å². The van der Waals surface area contributed by atoms with E-state index in [0.29, 0.717) is 25.0 Å². The molecule has 29 heavy (non-hydrogen) atoms. The van der Waals surface area contributed by atoms with Crippen LogP contribution in [0.5, 0.6) is 0 Å². The van der Waals surface area contributed by atoms with Crippen LogP contribution in [0.2, 0.25) is 0 Å². The molecular weight excluding hydrogens is 368 g/mol. The van der Waals surface area contributed by atoms with Crippen LogP contribution in [0, 0.1) is 0 Å². The molecule has 2 aliphatic rings. The van der Waals surface area contributed by atoms with Crippen LogP contribution in [-0.4, -0.2) is 72.5 Å². The Bertz CT molecular complexity index is 838. The van der Waals surface area contributed by atoms with E-state index in [1.807, 2.05) is 30.3 Å². The SMILES string of the molecule is CN=C(NCc1coc(-c2ccccc2)n1)N1CCN(CC(=O)NC2CC2)CC1. The first-order valence-corrected chi connectivity index (χ1v) is 10.2. The van der Waals surface area contributed by atoms with Crippen molar-refractivity contribution in [3.05, 3.63) is 42.3 Å². The summed E-state index contributed by atoms with van der Waals surface area (Å²) in [7, 11) is 1.79. The zero-order valence-electron chi connectivity index (χ0n) is 16.8. The second-order valence-electron chi connectivity index (χ2n) is 7.52. The fourth-order valence-corrected chi connectivity index (χ4v) is 3.43. The van der Waals surface area contributed by atoms with Crippen LogP contribution in [0.15, 0.2) is 46.0 Å². The molecule has 2 N–H and O–H groups in total. The molecule has 1 amide bonds. The van der Waals surface area contributed by atoms with E-state index in [9.17, 15) is 4.79 Å². The quantitative estimate of drug-likeness (QED) is 0.566. The number of aromatic nitrogens is 1. The lowest BCUT2D eigenvalue weighted by Crippen LogP contribution is -2.54. The Balaban J connectivity index is 1.24. The van der Waals surface area contributed by atoms with E-state index in [0.717, 1.165) is 56.2 Å². The van der Waals surface area contributed by atoms with Crippen molar-refractivity contribution in [1.29, 1.82) is 0 Å². The van der Waals surface area contributed by atoms with E-state index in [-0.39, 0.29) is 5.91 Å². The van der Waals surface area contributed by atoms with Crippen LogP contribution in [0.4, 0.5) is 0 Å². The first-order valence-electron chi connectivity index (χ1n) is 10.2. The second kappa shape index (κ2) is 9.09. The predicted octanol–water partition coefficient (Wildman–Crippen LogP) is 1.31. The van der Waals surface area contributed by atoms with Crippen molar-refractivity contribution in [2.24, 2.45) is 4.99 Å². The van der Waals surface area contributed by atoms with Gasteiger partial charge in [0.05, 0.1) is 18.8 Å². The van der Waals surface area contributed by atoms with Gasteiger partial charge in [0.1, 0.15) is 6.26 Å². The molecule has 154 valence electrons. The topological polar surface area (TPSA) is 86.0 Å². The summed E-state index contributed by atoms with van der Waals surface area (Å²) in [6.07, 6.45) is 3.93. The zero-order chi connectivity index (χ0) is 20.1. The highest BCUT2D eigenvalue weighted by molar-refractivity contribution is 5.80. The Morgan fingerprint density at radius 3 is 2.66 bits per heavy atom. The van der Waals surface area contributed by atoms with Crippen molar-refractivity contribution in [2.45, 2.75) is 25.4 Å². The first kappa shape index (κ1) is 19.4. The molecule has 0 radical (unpaired) electrons. The minimum atomic E-state index is 0.142. The number of hydrogen-bond donors (Lipinski definition) is 2. The molecule has 1 aliphatic carbocycles. The lowest BCUT2D eigenvalue weighted by molar-refractivity contribution is -0.122. The van der Waals surface area contributed by atoms with Gasteiger partial charge in [0, 0.05) is 44.8 Å². The summed E-state index contributed by atoms with van der Waals surface area (Å²) in [6.45, 7) is 4.40. The third-order valence-corrected chi connectivity index (χ3v) is 5.19. The van der Waals surface area contributed by atoms with E-state index in [2.05, 4.69) is 30.4 Å². The molecule has 2 aromatic rings. The van der Waals surface area contributed by atoms with Gasteiger partial charge in [-0.1, -0.05) is 18.2 Å². The minimum Gasteiger partial charge on any atom is -0.444 e. The number of aliphatic imine (C=N–C) groups is 1. The molecule has 1 aromatic heterocycles. The number of nitrogens with zero attached hydrogens (tertiary/aromatic N) is 4. The van der Waals surface area contributed by atoms with E-state index < -0.39 is 0 Å². The molecule has 8 nitrogen and oxygen atoms in total. The Morgan fingerprint density at radius 1 is 1.21 bits per heavy atom. The predicted molar refractivity (Wildman–Crippen MR) is 111 cm³/mol. The van der Waals surface area contributed by atoms with Crippen LogP contribution in [0.1, 0.15) is 18.5 Å². The summed E-state index contributed by atoms with van der Waals surface area (Å²) in [4.78, 5) is 25.3. The Hall–Kier alpha value is -2.87. The van der Waals surface area contributed by atoms with Gasteiger partial charge in [-0.05, 0) is 25.0 Å². The minimum absolute atomic E-state index is 0.142. The maximum Gasteiger partial charge on any atom is 0.234 e. The van der Waals surface area contributed by atoms with Gasteiger partial charge >= 0.3 is 0 Å². The van der Waals surface area contributed by atoms with E-state index in [1.54, 1.807) is 13.3 Å². The average molecular weight is 396 g/mol. The third kappa shape index (κ3) is 5.35. The van der Waals surface area contributed by atoms with Crippen molar-refractivity contribution >= 4 is 11.9 Å². The number of amides is 1. The molecule has 8 heteroatoms. The highest BCUT2D eigenvalue weighted by Gasteiger charge is 2.26. The smallest absolute Gasteiger partial charge is 0.234 e. The second-order valence-corrected chi connectivity index (χ2v) is 7.52. The van der Waals surface area contributed by atoms with Gasteiger partial charge < -0.3 is 20.0 Å². The number of carbonyl (C=O) groups excluding carboxylic acids is 1. The van der Waals surface area contributed by atoms with Gasteiger partial charge in [-0.2, -0.15) is 0 Å². The number of hydrogen-bond acceptors (Lipinski definition) is 5. The van der Waals surface area contributed by atoms with Crippen LogP contribution in [-0.2, 0) is 11.3 Å². The van der Waals surface area contributed by atoms with Gasteiger partial charge in [-0.25, -0.2) is 4.98 Å². The van der Waals surface area contributed by atoms with Crippen molar-refractivity contribution in [1.82, 2.24) is 25.4 Å². The number of benzene rings is 1. The summed E-state index contributed by atoms with van der Waals surface area (Å²) < 4.78 is 5.60. The van der Waals surface area contributed by atoms with E-state index in [4.69, 9.17) is 4.42 Å². The Morgan fingerprint density at radius 2 is 1.97 bits per heavy atom. The third-order valence-electron chi connectivity index (χ3n) is 5.19. The number of nitrogens with one attached hydrogen (secondary N) is 2. The molecule has 0 bridgehead atoms. The standard InChI is InChI=1S/C21H28N6O2/c1-22-21(23-13-18-15-29-20(25-18)16-5-3-2-4-6-16)27-11-9-26(10-12-27)14-19(28)24-17-7-8-17/h2-6,15,17H,7-14H2,1H3,(H,22,23)(H,24,28). The number of rotatable bonds is 6. The lowest BCUT2D eigenvalue weighted by atomic mass is 10.2. The molecule has 2 fully saturated rings. The molecule has 0 unspecified atom stereocenters. The largest absolute Gasteiger partial charge is 0.444 e. The molecule has 4 rings (SSSR count). The fourth-order valence-electron chi connectivity index (χ4n) is 3.43. The summed E-state index contributed by atoms with van der Waals surface area (Å²) in [5.41, 5.74) is 1.80. The van der Waals surface area contributed by atoms with Gasteiger partial charge in [-0.3, -0.25) is 14.7 Å². The van der Waals surface area contributed by atoms with Crippen LogP contribution < -0.4 is 10.6 Å². The van der Waals surface area contributed by atoms with Crippen molar-refractivity contribution < 1.29 is 9.21 Å². The van der Waals surface area contributed by atoms with Crippen molar-refractivity contribution in [2.75, 3.05) is 39.8 Å². The fraction of sp³-hybridized carbons (Fsp3) is 0.476. The Kier molecular flexibility index (Phi) is 6.09. The summed E-state index contributed by atoms with van der Waals surface area (Å²) >= 11 is 0. The van der Waals surface area contributed by atoms with Gasteiger partial charge in [0.15, 0.2) is 5.96 Å².